The monoisotopic (exact) mass is 216 g/mol. The number of nitrogens with two attached hydrogens (primary N) is 1. The van der Waals surface area contributed by atoms with Crippen LogP contribution in [0.3, 0.4) is 0 Å². The van der Waals surface area contributed by atoms with Gasteiger partial charge >= 0.3 is 0 Å². The molecule has 0 saturated carbocycles. The predicted molar refractivity (Wildman–Crippen MR) is 61.4 cm³/mol. The van der Waals surface area contributed by atoms with Crippen molar-refractivity contribution < 1.29 is 9.90 Å². The van der Waals surface area contributed by atoms with E-state index in [2.05, 4.69) is 5.32 Å². The van der Waals surface area contributed by atoms with Crippen molar-refractivity contribution in [3.05, 3.63) is 0 Å². The molecule has 2 atom stereocenters. The Morgan fingerprint density at radius 1 is 1.40 bits per heavy atom. The second-order valence-electron chi connectivity index (χ2n) is 3.85. The lowest BCUT2D eigenvalue weighted by molar-refractivity contribution is -0.125. The van der Waals surface area contributed by atoms with Crippen LogP contribution in [0.2, 0.25) is 0 Å². The molecule has 0 heterocycles. The molecule has 0 fully saturated rings. The predicted octanol–water partition coefficient (Wildman–Crippen LogP) is 0.639. The average molecular weight is 216 g/mol. The SMILES string of the molecule is CCCC(CN)C(=O)NC(CC)CCO. The van der Waals surface area contributed by atoms with Gasteiger partial charge in [-0.2, -0.15) is 0 Å². The van der Waals surface area contributed by atoms with Crippen LogP contribution in [-0.4, -0.2) is 30.2 Å². The molecule has 0 aromatic carbocycles. The van der Waals surface area contributed by atoms with E-state index >= 15 is 0 Å². The Kier molecular flexibility index (Phi) is 8.33. The minimum Gasteiger partial charge on any atom is -0.396 e. The van der Waals surface area contributed by atoms with E-state index in [9.17, 15) is 4.79 Å². The van der Waals surface area contributed by atoms with Gasteiger partial charge < -0.3 is 16.2 Å². The number of carbonyl (C=O) groups is 1. The van der Waals surface area contributed by atoms with E-state index in [1.54, 1.807) is 0 Å². The molecule has 0 aromatic rings. The largest absolute Gasteiger partial charge is 0.396 e. The number of hydrogen-bond donors (Lipinski definition) is 3. The van der Waals surface area contributed by atoms with Crippen molar-refractivity contribution in [2.75, 3.05) is 13.2 Å². The van der Waals surface area contributed by atoms with Gasteiger partial charge in [-0.15, -0.1) is 0 Å². The lowest BCUT2D eigenvalue weighted by Crippen LogP contribution is -2.41. The summed E-state index contributed by atoms with van der Waals surface area (Å²) < 4.78 is 0. The standard InChI is InChI=1S/C11H24N2O2/c1-3-5-9(8-12)11(15)13-10(4-2)6-7-14/h9-10,14H,3-8,12H2,1-2H3,(H,13,15). The zero-order valence-electron chi connectivity index (χ0n) is 9.83. The van der Waals surface area contributed by atoms with Crippen molar-refractivity contribution in [1.29, 1.82) is 0 Å². The van der Waals surface area contributed by atoms with E-state index in [1.165, 1.54) is 0 Å². The second-order valence-corrected chi connectivity index (χ2v) is 3.85. The first-order valence-corrected chi connectivity index (χ1v) is 5.80. The normalized spacial score (nSPS) is 14.7. The van der Waals surface area contributed by atoms with Crippen molar-refractivity contribution >= 4 is 5.91 Å². The van der Waals surface area contributed by atoms with Crippen LogP contribution in [0.15, 0.2) is 0 Å². The summed E-state index contributed by atoms with van der Waals surface area (Å²) in [5.74, 6) is -0.0533. The number of hydrogen-bond acceptors (Lipinski definition) is 3. The van der Waals surface area contributed by atoms with Gasteiger partial charge in [0, 0.05) is 19.2 Å². The smallest absolute Gasteiger partial charge is 0.224 e. The Morgan fingerprint density at radius 2 is 2.07 bits per heavy atom. The van der Waals surface area contributed by atoms with Gasteiger partial charge in [0.15, 0.2) is 0 Å². The number of aliphatic hydroxyl groups excluding tert-OH is 1. The van der Waals surface area contributed by atoms with Crippen LogP contribution < -0.4 is 11.1 Å². The van der Waals surface area contributed by atoms with Crippen LogP contribution in [0.5, 0.6) is 0 Å². The summed E-state index contributed by atoms with van der Waals surface area (Å²) in [5, 5.41) is 11.7. The first-order valence-electron chi connectivity index (χ1n) is 5.80. The van der Waals surface area contributed by atoms with Crippen LogP contribution in [0.1, 0.15) is 39.5 Å². The number of amides is 1. The zero-order chi connectivity index (χ0) is 11.7. The maximum atomic E-state index is 11.7. The highest BCUT2D eigenvalue weighted by atomic mass is 16.3. The molecular formula is C11H24N2O2. The fraction of sp³-hybridized carbons (Fsp3) is 0.909. The fourth-order valence-electron chi connectivity index (χ4n) is 1.56. The van der Waals surface area contributed by atoms with Gasteiger partial charge in [-0.1, -0.05) is 20.3 Å². The Hall–Kier alpha value is -0.610. The first-order chi connectivity index (χ1) is 7.19. The number of aliphatic hydroxyl groups is 1. The molecule has 0 aliphatic rings. The molecule has 4 N–H and O–H groups in total. The van der Waals surface area contributed by atoms with Crippen LogP contribution in [0, 0.1) is 5.92 Å². The maximum absolute atomic E-state index is 11.7. The fourth-order valence-corrected chi connectivity index (χ4v) is 1.56. The molecule has 0 bridgehead atoms. The van der Waals surface area contributed by atoms with Gasteiger partial charge in [0.05, 0.1) is 5.92 Å². The Bertz CT molecular complexity index is 174. The van der Waals surface area contributed by atoms with Crippen LogP contribution in [0.4, 0.5) is 0 Å². The summed E-state index contributed by atoms with van der Waals surface area (Å²) in [7, 11) is 0. The summed E-state index contributed by atoms with van der Waals surface area (Å²) in [6.45, 7) is 4.55. The quantitative estimate of drug-likeness (QED) is 0.557. The Morgan fingerprint density at radius 3 is 2.47 bits per heavy atom. The molecule has 0 aliphatic carbocycles. The van der Waals surface area contributed by atoms with Gasteiger partial charge in [-0.05, 0) is 19.3 Å². The van der Waals surface area contributed by atoms with E-state index in [4.69, 9.17) is 10.8 Å². The van der Waals surface area contributed by atoms with Crippen molar-refractivity contribution in [3.63, 3.8) is 0 Å². The molecular weight excluding hydrogens is 192 g/mol. The van der Waals surface area contributed by atoms with Crippen LogP contribution >= 0.6 is 0 Å². The van der Waals surface area contributed by atoms with Gasteiger partial charge in [0.2, 0.25) is 5.91 Å². The Labute approximate surface area is 92.2 Å². The summed E-state index contributed by atoms with van der Waals surface area (Å²) in [6, 6.07) is 0.0772. The van der Waals surface area contributed by atoms with Crippen LogP contribution in [-0.2, 0) is 4.79 Å². The number of nitrogens with one attached hydrogen (secondary N) is 1. The highest BCUT2D eigenvalue weighted by Gasteiger charge is 2.18. The van der Waals surface area contributed by atoms with Crippen LogP contribution in [0.25, 0.3) is 0 Å². The van der Waals surface area contributed by atoms with Crippen molar-refractivity contribution in [3.8, 4) is 0 Å². The van der Waals surface area contributed by atoms with E-state index in [-0.39, 0.29) is 24.5 Å². The van der Waals surface area contributed by atoms with Gasteiger partial charge in [-0.25, -0.2) is 0 Å². The van der Waals surface area contributed by atoms with Crippen molar-refractivity contribution in [2.45, 2.75) is 45.6 Å². The summed E-state index contributed by atoms with van der Waals surface area (Å²) in [4.78, 5) is 11.7. The van der Waals surface area contributed by atoms with Gasteiger partial charge in [0.1, 0.15) is 0 Å². The molecule has 0 saturated heterocycles. The molecule has 2 unspecified atom stereocenters. The molecule has 1 amide bonds. The topological polar surface area (TPSA) is 75.4 Å². The first kappa shape index (κ1) is 14.4. The maximum Gasteiger partial charge on any atom is 0.224 e. The molecule has 0 aromatic heterocycles. The highest BCUT2D eigenvalue weighted by molar-refractivity contribution is 5.79. The lowest BCUT2D eigenvalue weighted by atomic mass is 10.0. The molecule has 15 heavy (non-hydrogen) atoms. The lowest BCUT2D eigenvalue weighted by Gasteiger charge is -2.20. The minimum absolute atomic E-state index is 0.0275. The zero-order valence-corrected chi connectivity index (χ0v) is 9.83. The molecule has 0 radical (unpaired) electrons. The third-order valence-electron chi connectivity index (χ3n) is 2.61. The van der Waals surface area contributed by atoms with Crippen molar-refractivity contribution in [2.24, 2.45) is 11.7 Å². The third-order valence-corrected chi connectivity index (χ3v) is 2.61. The molecule has 90 valence electrons. The summed E-state index contributed by atoms with van der Waals surface area (Å²) in [6.07, 6.45) is 3.26. The van der Waals surface area contributed by atoms with Crippen molar-refractivity contribution in [1.82, 2.24) is 5.32 Å². The molecule has 0 aliphatic heterocycles. The van der Waals surface area contributed by atoms with Gasteiger partial charge in [0.25, 0.3) is 0 Å². The molecule has 0 spiro atoms. The average Bonchev–Trinajstić information content (AvgIpc) is 2.24. The molecule has 0 rings (SSSR count). The van der Waals surface area contributed by atoms with E-state index < -0.39 is 0 Å². The Balaban J connectivity index is 4.05. The number of rotatable bonds is 8. The molecule has 4 nitrogen and oxygen atoms in total. The van der Waals surface area contributed by atoms with E-state index in [0.717, 1.165) is 19.3 Å². The number of carbonyl (C=O) groups excluding carboxylic acids is 1. The highest BCUT2D eigenvalue weighted by Crippen LogP contribution is 2.06. The van der Waals surface area contributed by atoms with E-state index in [1.807, 2.05) is 13.8 Å². The van der Waals surface area contributed by atoms with Gasteiger partial charge in [-0.3, -0.25) is 4.79 Å². The summed E-state index contributed by atoms with van der Waals surface area (Å²) >= 11 is 0. The van der Waals surface area contributed by atoms with E-state index in [0.29, 0.717) is 13.0 Å². The summed E-state index contributed by atoms with van der Waals surface area (Å²) in [5.41, 5.74) is 5.54. The second kappa shape index (κ2) is 8.68. The molecule has 4 heteroatoms. The third kappa shape index (κ3) is 5.74. The minimum atomic E-state index is -0.0808.